The molecule has 0 radical (unpaired) electrons. The molecule has 0 heterocycles. The molecule has 0 rings (SSSR count). The Bertz CT molecular complexity index is 1110. The number of rotatable bonds is 47. The van der Waals surface area contributed by atoms with Crippen LogP contribution in [0.25, 0.3) is 0 Å². The molecule has 0 aromatic carbocycles. The molecular weight excluding hydrogens is 784 g/mol. The number of nitrogens with one attached hydrogen (secondary N) is 1. The largest absolute Gasteiger partial charge is 0.472 e. The number of amides is 1. The van der Waals surface area contributed by atoms with Gasteiger partial charge in [-0.2, -0.15) is 0 Å². The smallest absolute Gasteiger partial charge is 0.393 e. The summed E-state index contributed by atoms with van der Waals surface area (Å²) in [4.78, 5) is 22.9. The topological polar surface area (TPSA) is 151 Å². The number of carbonyl (C=O) groups excluding carboxylic acids is 1. The monoisotopic (exact) mass is 881 g/mol. The van der Waals surface area contributed by atoms with Crippen molar-refractivity contribution in [2.75, 3.05) is 19.8 Å². The van der Waals surface area contributed by atoms with Crippen LogP contribution in [0.5, 0.6) is 0 Å². The normalized spacial score (nSPS) is 14.8. The molecule has 61 heavy (non-hydrogen) atoms. The maximum absolute atomic E-state index is 12.9. The SMILES string of the molecule is CC/C=C\C/C=C\CCCCCCCCCCCCCCC(O)CC(=O)NC(COP(=O)(O)OCCN)C(O)/C=C/CC/C=C/CCCCCCCCCCCCCCCC. The van der Waals surface area contributed by atoms with Gasteiger partial charge in [0.25, 0.3) is 0 Å². The van der Waals surface area contributed by atoms with Gasteiger partial charge in [-0.1, -0.05) is 217 Å². The Hall–Kier alpha value is -1.58. The summed E-state index contributed by atoms with van der Waals surface area (Å²) in [7, 11) is -4.41. The molecule has 0 fully saturated rings. The highest BCUT2D eigenvalue weighted by atomic mass is 31.2. The van der Waals surface area contributed by atoms with Crippen LogP contribution in [0.4, 0.5) is 0 Å². The first-order valence-electron chi connectivity index (χ1n) is 25.3. The molecule has 4 unspecified atom stereocenters. The summed E-state index contributed by atoms with van der Waals surface area (Å²) >= 11 is 0. The van der Waals surface area contributed by atoms with Crippen LogP contribution >= 0.6 is 7.82 Å². The Morgan fingerprint density at radius 2 is 1.03 bits per heavy atom. The summed E-state index contributed by atoms with van der Waals surface area (Å²) < 4.78 is 22.2. The van der Waals surface area contributed by atoms with Crippen molar-refractivity contribution in [3.05, 3.63) is 48.6 Å². The fourth-order valence-electron chi connectivity index (χ4n) is 7.41. The van der Waals surface area contributed by atoms with E-state index in [1.165, 1.54) is 154 Å². The van der Waals surface area contributed by atoms with Crippen molar-refractivity contribution < 1.29 is 33.5 Å². The van der Waals surface area contributed by atoms with Crippen LogP contribution in [0.1, 0.15) is 232 Å². The second-order valence-electron chi connectivity index (χ2n) is 17.2. The van der Waals surface area contributed by atoms with Crippen LogP contribution < -0.4 is 11.1 Å². The van der Waals surface area contributed by atoms with E-state index >= 15 is 0 Å². The molecule has 0 aliphatic rings. The standard InChI is InChI=1S/C51H97N2O7P/c1-3-5-7-9-11-13-15-17-19-21-23-25-27-29-31-33-35-37-39-41-43-50(55)49(47-60-61(57,58)59-45-44-52)53-51(56)46-48(54)42-40-38-36-34-32-30-28-26-24-22-20-18-16-14-12-10-8-6-4-2/h6,8,12,14,33,35,41,43,48-50,54-55H,3-5,7,9-11,13,15-32,34,36-40,42,44-47,52H2,1-2H3,(H,53,56)(H,57,58)/b8-6-,14-12-,35-33+,43-41+. The number of carbonyl (C=O) groups is 1. The van der Waals surface area contributed by atoms with E-state index in [2.05, 4.69) is 55.6 Å². The van der Waals surface area contributed by atoms with Crippen molar-refractivity contribution in [1.29, 1.82) is 0 Å². The van der Waals surface area contributed by atoms with Gasteiger partial charge in [-0.3, -0.25) is 13.8 Å². The van der Waals surface area contributed by atoms with Crippen molar-refractivity contribution in [1.82, 2.24) is 5.32 Å². The third kappa shape index (κ3) is 44.8. The number of hydrogen-bond acceptors (Lipinski definition) is 7. The average molecular weight is 881 g/mol. The predicted molar refractivity (Wildman–Crippen MR) is 260 cm³/mol. The average Bonchev–Trinajstić information content (AvgIpc) is 3.24. The highest BCUT2D eigenvalue weighted by molar-refractivity contribution is 7.47. The quantitative estimate of drug-likeness (QED) is 0.0230. The van der Waals surface area contributed by atoms with Gasteiger partial charge in [0.1, 0.15) is 0 Å². The first-order valence-corrected chi connectivity index (χ1v) is 26.8. The van der Waals surface area contributed by atoms with E-state index in [9.17, 15) is 24.5 Å². The minimum absolute atomic E-state index is 0.0438. The van der Waals surface area contributed by atoms with Gasteiger partial charge >= 0.3 is 7.82 Å². The molecule has 10 heteroatoms. The van der Waals surface area contributed by atoms with Crippen molar-refractivity contribution >= 4 is 13.7 Å². The summed E-state index contributed by atoms with van der Waals surface area (Å²) in [5, 5.41) is 24.1. The zero-order valence-corrected chi connectivity index (χ0v) is 40.4. The number of aliphatic hydroxyl groups excluding tert-OH is 2. The van der Waals surface area contributed by atoms with E-state index in [4.69, 9.17) is 14.8 Å². The third-order valence-corrected chi connectivity index (χ3v) is 12.2. The summed E-state index contributed by atoms with van der Waals surface area (Å²) in [6, 6.07) is -1.00. The van der Waals surface area contributed by atoms with E-state index in [0.717, 1.165) is 44.9 Å². The van der Waals surface area contributed by atoms with Gasteiger partial charge in [0.15, 0.2) is 0 Å². The number of phosphoric acid groups is 1. The summed E-state index contributed by atoms with van der Waals surface area (Å²) in [5.41, 5.74) is 5.38. The number of unbranched alkanes of at least 4 members (excludes halogenated alkanes) is 27. The molecule has 1 amide bonds. The number of nitrogens with two attached hydrogens (primary N) is 1. The second kappa shape index (κ2) is 46.4. The van der Waals surface area contributed by atoms with E-state index in [1.54, 1.807) is 6.08 Å². The zero-order valence-electron chi connectivity index (χ0n) is 39.5. The van der Waals surface area contributed by atoms with Crippen LogP contribution in [0.2, 0.25) is 0 Å². The summed E-state index contributed by atoms with van der Waals surface area (Å²) in [6.45, 7) is 3.87. The molecule has 0 saturated carbocycles. The molecule has 0 aliphatic heterocycles. The highest BCUT2D eigenvalue weighted by Gasteiger charge is 2.27. The van der Waals surface area contributed by atoms with Crippen LogP contribution in [0.3, 0.4) is 0 Å². The Kier molecular flexibility index (Phi) is 45.2. The van der Waals surface area contributed by atoms with Gasteiger partial charge in [0.2, 0.25) is 5.91 Å². The Labute approximate surface area is 375 Å². The number of allylic oxidation sites excluding steroid dienone is 7. The van der Waals surface area contributed by atoms with Crippen molar-refractivity contribution in [2.24, 2.45) is 5.73 Å². The number of hydrogen-bond donors (Lipinski definition) is 5. The molecule has 0 spiro atoms. The van der Waals surface area contributed by atoms with E-state index in [1.807, 2.05) is 6.08 Å². The van der Waals surface area contributed by atoms with Crippen molar-refractivity contribution in [3.63, 3.8) is 0 Å². The molecule has 0 bridgehead atoms. The first kappa shape index (κ1) is 59.4. The summed E-state index contributed by atoms with van der Waals surface area (Å²) in [6.07, 6.45) is 54.9. The van der Waals surface area contributed by atoms with Gasteiger partial charge in [-0.25, -0.2) is 4.57 Å². The summed E-state index contributed by atoms with van der Waals surface area (Å²) in [5.74, 6) is -0.456. The molecule has 9 nitrogen and oxygen atoms in total. The Morgan fingerprint density at radius 3 is 1.54 bits per heavy atom. The Morgan fingerprint density at radius 1 is 0.590 bits per heavy atom. The Balaban J connectivity index is 4.24. The molecule has 358 valence electrons. The first-order chi connectivity index (χ1) is 29.8. The zero-order chi connectivity index (χ0) is 44.8. The lowest BCUT2D eigenvalue weighted by Gasteiger charge is -2.24. The lowest BCUT2D eigenvalue weighted by atomic mass is 10.0. The van der Waals surface area contributed by atoms with Gasteiger partial charge < -0.3 is 26.2 Å². The van der Waals surface area contributed by atoms with Crippen LogP contribution in [0.15, 0.2) is 48.6 Å². The van der Waals surface area contributed by atoms with Crippen LogP contribution in [-0.4, -0.2) is 59.0 Å². The molecule has 6 N–H and O–H groups in total. The molecule has 0 saturated heterocycles. The highest BCUT2D eigenvalue weighted by Crippen LogP contribution is 2.43. The molecular formula is C51H97N2O7P. The molecule has 0 aromatic rings. The minimum atomic E-state index is -4.41. The molecule has 0 aromatic heterocycles. The van der Waals surface area contributed by atoms with Crippen LogP contribution in [0, 0.1) is 0 Å². The van der Waals surface area contributed by atoms with Gasteiger partial charge in [-0.15, -0.1) is 0 Å². The second-order valence-corrected chi connectivity index (χ2v) is 18.6. The van der Waals surface area contributed by atoms with E-state index in [0.29, 0.717) is 12.8 Å². The number of aliphatic hydroxyl groups is 2. The van der Waals surface area contributed by atoms with Crippen molar-refractivity contribution in [3.8, 4) is 0 Å². The van der Waals surface area contributed by atoms with Crippen molar-refractivity contribution in [2.45, 2.75) is 250 Å². The maximum atomic E-state index is 12.9. The van der Waals surface area contributed by atoms with Gasteiger partial charge in [-0.05, 0) is 57.8 Å². The van der Waals surface area contributed by atoms with E-state index in [-0.39, 0.29) is 19.6 Å². The predicted octanol–water partition coefficient (Wildman–Crippen LogP) is 13.8. The molecule has 4 atom stereocenters. The third-order valence-electron chi connectivity index (χ3n) is 11.2. The fraction of sp³-hybridized carbons (Fsp3) is 0.824. The van der Waals surface area contributed by atoms with Crippen LogP contribution in [-0.2, 0) is 18.4 Å². The maximum Gasteiger partial charge on any atom is 0.472 e. The number of phosphoric ester groups is 1. The minimum Gasteiger partial charge on any atom is -0.393 e. The lowest BCUT2D eigenvalue weighted by Crippen LogP contribution is -2.46. The van der Waals surface area contributed by atoms with E-state index < -0.39 is 38.6 Å². The van der Waals surface area contributed by atoms with Gasteiger partial charge in [0, 0.05) is 6.54 Å². The molecule has 0 aliphatic carbocycles. The lowest BCUT2D eigenvalue weighted by molar-refractivity contribution is -0.124. The fourth-order valence-corrected chi connectivity index (χ4v) is 8.17. The van der Waals surface area contributed by atoms with Gasteiger partial charge in [0.05, 0.1) is 37.9 Å².